The highest BCUT2D eigenvalue weighted by atomic mass is 16.1. The Bertz CT molecular complexity index is 406. The first-order valence-electron chi connectivity index (χ1n) is 5.64. The van der Waals surface area contributed by atoms with E-state index in [0.29, 0.717) is 18.5 Å². The summed E-state index contributed by atoms with van der Waals surface area (Å²) < 4.78 is 0. The fraction of sp³-hybridized carbons (Fsp3) is 0.385. The second kappa shape index (κ2) is 6.66. The highest BCUT2D eigenvalue weighted by Crippen LogP contribution is 2.05. The number of hydrogen-bond donors (Lipinski definition) is 2. The number of nitrogens with zero attached hydrogens (tertiary/aromatic N) is 1. The van der Waals surface area contributed by atoms with Crippen molar-refractivity contribution in [1.82, 2.24) is 5.32 Å². The summed E-state index contributed by atoms with van der Waals surface area (Å²) in [6.45, 7) is 2.41. The second-order valence-electron chi connectivity index (χ2n) is 3.97. The predicted molar refractivity (Wildman–Crippen MR) is 66.4 cm³/mol. The van der Waals surface area contributed by atoms with Crippen LogP contribution in [0.1, 0.15) is 29.3 Å². The normalized spacial score (nSPS) is 11.6. The Balaban J connectivity index is 2.61. The summed E-state index contributed by atoms with van der Waals surface area (Å²) in [5.74, 6) is -0.146. The van der Waals surface area contributed by atoms with E-state index in [9.17, 15) is 4.79 Å². The molecule has 0 aromatic heterocycles. The van der Waals surface area contributed by atoms with E-state index in [4.69, 9.17) is 11.0 Å². The Morgan fingerprint density at radius 3 is 2.65 bits per heavy atom. The van der Waals surface area contributed by atoms with Crippen LogP contribution in [0, 0.1) is 11.3 Å². The molecule has 0 heterocycles. The third kappa shape index (κ3) is 4.25. The van der Waals surface area contributed by atoms with Crippen LogP contribution in [-0.4, -0.2) is 18.5 Å². The molecule has 0 aliphatic carbocycles. The average molecular weight is 231 g/mol. The highest BCUT2D eigenvalue weighted by Gasteiger charge is 2.08. The van der Waals surface area contributed by atoms with E-state index in [2.05, 4.69) is 5.32 Å². The van der Waals surface area contributed by atoms with Crippen molar-refractivity contribution in [3.8, 4) is 6.07 Å². The molecule has 1 amide bonds. The van der Waals surface area contributed by atoms with Crippen LogP contribution in [-0.2, 0) is 6.42 Å². The van der Waals surface area contributed by atoms with Gasteiger partial charge in [0, 0.05) is 11.6 Å². The highest BCUT2D eigenvalue weighted by molar-refractivity contribution is 5.94. The monoisotopic (exact) mass is 231 g/mol. The summed E-state index contributed by atoms with van der Waals surface area (Å²) in [6.07, 6.45) is 1.13. The first kappa shape index (κ1) is 13.2. The number of carbonyl (C=O) groups excluding carboxylic acids is 1. The van der Waals surface area contributed by atoms with Gasteiger partial charge in [0.15, 0.2) is 0 Å². The topological polar surface area (TPSA) is 78.9 Å². The van der Waals surface area contributed by atoms with Crippen molar-refractivity contribution in [3.63, 3.8) is 0 Å². The summed E-state index contributed by atoms with van der Waals surface area (Å²) >= 11 is 0. The van der Waals surface area contributed by atoms with E-state index >= 15 is 0 Å². The molecule has 4 heteroatoms. The van der Waals surface area contributed by atoms with Gasteiger partial charge in [0.05, 0.1) is 12.5 Å². The molecule has 90 valence electrons. The number of nitrogens with one attached hydrogen (secondary N) is 1. The lowest BCUT2D eigenvalue weighted by Gasteiger charge is -2.10. The lowest BCUT2D eigenvalue weighted by Crippen LogP contribution is -2.32. The van der Waals surface area contributed by atoms with Gasteiger partial charge >= 0.3 is 0 Å². The third-order valence-electron chi connectivity index (χ3n) is 2.42. The van der Waals surface area contributed by atoms with Crippen LogP contribution in [0.25, 0.3) is 0 Å². The fourth-order valence-corrected chi connectivity index (χ4v) is 1.48. The van der Waals surface area contributed by atoms with Gasteiger partial charge in [0.2, 0.25) is 0 Å². The SMILES string of the molecule is CC(CC#N)NC(=O)c1ccc(CCN)cc1. The Labute approximate surface area is 101 Å². The van der Waals surface area contributed by atoms with Crippen LogP contribution in [0.3, 0.4) is 0 Å². The molecule has 0 radical (unpaired) electrons. The number of hydrogen-bond acceptors (Lipinski definition) is 3. The smallest absolute Gasteiger partial charge is 0.251 e. The molecule has 0 bridgehead atoms. The van der Waals surface area contributed by atoms with E-state index < -0.39 is 0 Å². The van der Waals surface area contributed by atoms with Gasteiger partial charge in [-0.1, -0.05) is 12.1 Å². The predicted octanol–water partition coefficient (Wildman–Crippen LogP) is 1.22. The van der Waals surface area contributed by atoms with Crippen molar-refractivity contribution in [2.75, 3.05) is 6.54 Å². The maximum absolute atomic E-state index is 11.8. The fourth-order valence-electron chi connectivity index (χ4n) is 1.48. The number of rotatable bonds is 5. The Morgan fingerprint density at radius 2 is 2.12 bits per heavy atom. The Morgan fingerprint density at radius 1 is 1.47 bits per heavy atom. The Kier molecular flexibility index (Phi) is 5.18. The zero-order valence-corrected chi connectivity index (χ0v) is 9.94. The van der Waals surface area contributed by atoms with Gasteiger partial charge in [-0.05, 0) is 37.6 Å². The molecule has 3 N–H and O–H groups in total. The maximum atomic E-state index is 11.8. The lowest BCUT2D eigenvalue weighted by atomic mass is 10.1. The molecular weight excluding hydrogens is 214 g/mol. The molecule has 0 aliphatic rings. The van der Waals surface area contributed by atoms with Crippen LogP contribution >= 0.6 is 0 Å². The van der Waals surface area contributed by atoms with Crippen LogP contribution < -0.4 is 11.1 Å². The van der Waals surface area contributed by atoms with Crippen molar-refractivity contribution in [3.05, 3.63) is 35.4 Å². The van der Waals surface area contributed by atoms with Crippen molar-refractivity contribution in [2.45, 2.75) is 25.8 Å². The molecule has 4 nitrogen and oxygen atoms in total. The summed E-state index contributed by atoms with van der Waals surface area (Å²) in [7, 11) is 0. The van der Waals surface area contributed by atoms with Crippen molar-refractivity contribution in [1.29, 1.82) is 5.26 Å². The molecule has 0 saturated heterocycles. The van der Waals surface area contributed by atoms with Gasteiger partial charge in [-0.2, -0.15) is 5.26 Å². The molecule has 1 aromatic rings. The van der Waals surface area contributed by atoms with Crippen molar-refractivity contribution < 1.29 is 4.79 Å². The molecule has 17 heavy (non-hydrogen) atoms. The number of amides is 1. The second-order valence-corrected chi connectivity index (χ2v) is 3.97. The van der Waals surface area contributed by atoms with Gasteiger partial charge < -0.3 is 11.1 Å². The molecule has 1 rings (SSSR count). The summed E-state index contributed by atoms with van der Waals surface area (Å²) in [5.41, 5.74) is 7.17. The van der Waals surface area contributed by atoms with Gasteiger partial charge in [0.25, 0.3) is 5.91 Å². The van der Waals surface area contributed by atoms with Crippen molar-refractivity contribution >= 4 is 5.91 Å². The molecule has 1 atom stereocenters. The van der Waals surface area contributed by atoms with E-state index in [1.165, 1.54) is 0 Å². The largest absolute Gasteiger partial charge is 0.349 e. The van der Waals surface area contributed by atoms with E-state index in [-0.39, 0.29) is 11.9 Å². The van der Waals surface area contributed by atoms with Crippen LogP contribution in [0.15, 0.2) is 24.3 Å². The minimum absolute atomic E-state index is 0.129. The summed E-state index contributed by atoms with van der Waals surface area (Å²) in [6, 6.07) is 9.25. The zero-order valence-electron chi connectivity index (χ0n) is 9.94. The van der Waals surface area contributed by atoms with Gasteiger partial charge in [-0.3, -0.25) is 4.79 Å². The summed E-state index contributed by atoms with van der Waals surface area (Å²) in [5, 5.41) is 11.3. The number of benzene rings is 1. The van der Waals surface area contributed by atoms with E-state index in [1.54, 1.807) is 12.1 Å². The molecule has 0 fully saturated rings. The minimum atomic E-state index is -0.146. The Hall–Kier alpha value is -1.86. The van der Waals surface area contributed by atoms with Crippen LogP contribution in [0.5, 0.6) is 0 Å². The van der Waals surface area contributed by atoms with Crippen LogP contribution in [0.4, 0.5) is 0 Å². The van der Waals surface area contributed by atoms with Gasteiger partial charge in [0.1, 0.15) is 0 Å². The maximum Gasteiger partial charge on any atom is 0.251 e. The first-order chi connectivity index (χ1) is 8.17. The molecular formula is C13H17N3O. The number of nitrogens with two attached hydrogens (primary N) is 1. The number of carbonyl (C=O) groups is 1. The number of nitriles is 1. The third-order valence-corrected chi connectivity index (χ3v) is 2.42. The quantitative estimate of drug-likeness (QED) is 0.799. The minimum Gasteiger partial charge on any atom is -0.349 e. The molecule has 1 unspecified atom stereocenters. The molecule has 1 aromatic carbocycles. The first-order valence-corrected chi connectivity index (χ1v) is 5.64. The standard InChI is InChI=1S/C13H17N3O/c1-10(6-8-14)16-13(17)12-4-2-11(3-5-12)7-9-15/h2-5,10H,6-7,9,15H2,1H3,(H,16,17). The zero-order chi connectivity index (χ0) is 12.7. The lowest BCUT2D eigenvalue weighted by molar-refractivity contribution is 0.0941. The molecule has 0 saturated carbocycles. The summed E-state index contributed by atoms with van der Waals surface area (Å²) in [4.78, 5) is 11.8. The molecule has 0 spiro atoms. The van der Waals surface area contributed by atoms with Crippen LogP contribution in [0.2, 0.25) is 0 Å². The average Bonchev–Trinajstić information content (AvgIpc) is 2.30. The van der Waals surface area contributed by atoms with Gasteiger partial charge in [-0.15, -0.1) is 0 Å². The van der Waals surface area contributed by atoms with E-state index in [1.807, 2.05) is 25.1 Å². The van der Waals surface area contributed by atoms with E-state index in [0.717, 1.165) is 12.0 Å². The van der Waals surface area contributed by atoms with Crippen molar-refractivity contribution in [2.24, 2.45) is 5.73 Å². The van der Waals surface area contributed by atoms with Gasteiger partial charge in [-0.25, -0.2) is 0 Å². The molecule has 0 aliphatic heterocycles.